The summed E-state index contributed by atoms with van der Waals surface area (Å²) in [6.07, 6.45) is 5.72. The van der Waals surface area contributed by atoms with Crippen LogP contribution in [0.4, 0.5) is 23.2 Å². The van der Waals surface area contributed by atoms with Gasteiger partial charge in [0, 0.05) is 18.3 Å². The first-order valence-electron chi connectivity index (χ1n) is 13.3. The lowest BCUT2D eigenvalue weighted by Crippen LogP contribution is -2.41. The molecule has 3 aromatic rings. The van der Waals surface area contributed by atoms with Crippen LogP contribution in [0.25, 0.3) is 0 Å². The number of halogens is 4. The van der Waals surface area contributed by atoms with Gasteiger partial charge in [-0.3, -0.25) is 4.79 Å². The van der Waals surface area contributed by atoms with E-state index in [1.807, 2.05) is 24.3 Å². The van der Waals surface area contributed by atoms with E-state index in [-0.39, 0.29) is 17.8 Å². The molecule has 42 heavy (non-hydrogen) atoms. The van der Waals surface area contributed by atoms with E-state index in [1.54, 1.807) is 0 Å². The maximum Gasteiger partial charge on any atom is 0.335 e. The number of carboxylic acids is 1. The smallest absolute Gasteiger partial charge is 0.335 e. The van der Waals surface area contributed by atoms with Crippen molar-refractivity contribution < 1.29 is 40.7 Å². The molecule has 0 spiro atoms. The van der Waals surface area contributed by atoms with Gasteiger partial charge in [0.25, 0.3) is 0 Å². The maximum atomic E-state index is 14.5. The van der Waals surface area contributed by atoms with Crippen LogP contribution in [0, 0.1) is 30.2 Å². The lowest BCUT2D eigenvalue weighted by atomic mass is 9.84. The van der Waals surface area contributed by atoms with Crippen LogP contribution in [-0.4, -0.2) is 43.3 Å². The molecule has 0 atom stereocenters. The summed E-state index contributed by atoms with van der Waals surface area (Å²) in [5.74, 6) is -9.48. The largest absolute Gasteiger partial charge is 0.478 e. The third kappa shape index (κ3) is 6.34. The number of carboxylic acid groups (broad SMARTS) is 1. The molecule has 4 rings (SSSR count). The number of sulfonamides is 1. The molecule has 0 saturated heterocycles. The quantitative estimate of drug-likeness (QED) is 0.233. The average Bonchev–Trinajstić information content (AvgIpc) is 2.98. The predicted octanol–water partition coefficient (Wildman–Crippen LogP) is 6.15. The van der Waals surface area contributed by atoms with Crippen molar-refractivity contribution in [1.82, 2.24) is 4.31 Å². The van der Waals surface area contributed by atoms with Crippen molar-refractivity contribution in [2.24, 2.45) is 0 Å². The molecule has 1 amide bonds. The summed E-state index contributed by atoms with van der Waals surface area (Å²) in [5, 5.41) is 9.24. The van der Waals surface area contributed by atoms with E-state index in [1.165, 1.54) is 41.1 Å². The van der Waals surface area contributed by atoms with Crippen molar-refractivity contribution >= 4 is 27.6 Å². The molecular formula is C30H30F4N2O5S. The Morgan fingerprint density at radius 3 is 1.93 bits per heavy atom. The van der Waals surface area contributed by atoms with Gasteiger partial charge in [-0.2, -0.15) is 4.31 Å². The number of carbonyl (C=O) groups is 2. The first kappa shape index (κ1) is 31.2. The minimum Gasteiger partial charge on any atom is -0.478 e. The predicted molar refractivity (Wildman–Crippen MR) is 148 cm³/mol. The number of nitrogens with zero attached hydrogens (tertiary/aromatic N) is 2. The highest BCUT2D eigenvalue weighted by Gasteiger charge is 2.36. The van der Waals surface area contributed by atoms with Gasteiger partial charge in [0.2, 0.25) is 15.9 Å². The minimum atomic E-state index is -5.20. The first-order valence-corrected chi connectivity index (χ1v) is 14.8. The van der Waals surface area contributed by atoms with Gasteiger partial charge in [0.1, 0.15) is 0 Å². The molecule has 1 saturated carbocycles. The van der Waals surface area contributed by atoms with Crippen molar-refractivity contribution in [2.75, 3.05) is 18.5 Å². The van der Waals surface area contributed by atoms with Gasteiger partial charge in [0.15, 0.2) is 28.2 Å². The summed E-state index contributed by atoms with van der Waals surface area (Å²) in [7, 11) is -4.35. The third-order valence-electron chi connectivity index (χ3n) is 7.59. The Morgan fingerprint density at radius 2 is 1.40 bits per heavy atom. The molecule has 0 unspecified atom stereocenters. The lowest BCUT2D eigenvalue weighted by Gasteiger charge is -2.27. The number of amides is 1. The maximum absolute atomic E-state index is 14.5. The molecule has 0 radical (unpaired) electrons. The minimum absolute atomic E-state index is 0.0411. The topological polar surface area (TPSA) is 95.0 Å². The van der Waals surface area contributed by atoms with E-state index < -0.39 is 62.2 Å². The van der Waals surface area contributed by atoms with Crippen LogP contribution in [0.3, 0.4) is 0 Å². The highest BCUT2D eigenvalue weighted by Crippen LogP contribution is 2.33. The van der Waals surface area contributed by atoms with Gasteiger partial charge in [-0.1, -0.05) is 43.5 Å². The van der Waals surface area contributed by atoms with Crippen LogP contribution >= 0.6 is 0 Å². The van der Waals surface area contributed by atoms with Gasteiger partial charge in [-0.05, 0) is 61.1 Å². The standard InChI is InChI=1S/C30H30F4N2O5S/c1-18-25(31)27(33)29(28(34)26(18)32)42(40,41)35(2)17-24(37)36(23-14-12-22(13-15-23)30(38)39)16-19-8-10-21(11-9-19)20-6-4-3-5-7-20/h8-15,20H,3-7,16-17H2,1-2H3,(H,38,39). The number of anilines is 1. The molecular weight excluding hydrogens is 576 g/mol. The summed E-state index contributed by atoms with van der Waals surface area (Å²) < 4.78 is 83.7. The Balaban J connectivity index is 1.63. The van der Waals surface area contributed by atoms with Gasteiger partial charge in [-0.15, -0.1) is 0 Å². The highest BCUT2D eigenvalue weighted by atomic mass is 32.2. The normalized spacial score (nSPS) is 14.3. The molecule has 7 nitrogen and oxygen atoms in total. The van der Waals surface area contributed by atoms with E-state index in [0.29, 0.717) is 15.8 Å². The van der Waals surface area contributed by atoms with Gasteiger partial charge < -0.3 is 10.0 Å². The Hall–Kier alpha value is -3.77. The highest BCUT2D eigenvalue weighted by molar-refractivity contribution is 7.89. The van der Waals surface area contributed by atoms with Crippen molar-refractivity contribution in [3.63, 3.8) is 0 Å². The van der Waals surface area contributed by atoms with Crippen LogP contribution < -0.4 is 4.90 Å². The molecule has 1 aliphatic rings. The first-order chi connectivity index (χ1) is 19.8. The fraction of sp³-hybridized carbons (Fsp3) is 0.333. The summed E-state index contributed by atoms with van der Waals surface area (Å²) in [6, 6.07) is 12.9. The molecule has 224 valence electrons. The van der Waals surface area contributed by atoms with Gasteiger partial charge >= 0.3 is 5.97 Å². The number of hydrogen-bond acceptors (Lipinski definition) is 4. The van der Waals surface area contributed by atoms with E-state index in [4.69, 9.17) is 0 Å². The molecule has 1 aliphatic carbocycles. The molecule has 0 aromatic heterocycles. The fourth-order valence-corrected chi connectivity index (χ4v) is 6.31. The van der Waals surface area contributed by atoms with Crippen molar-refractivity contribution in [3.8, 4) is 0 Å². The summed E-state index contributed by atoms with van der Waals surface area (Å²) >= 11 is 0. The lowest BCUT2D eigenvalue weighted by molar-refractivity contribution is -0.118. The number of carbonyl (C=O) groups excluding carboxylic acids is 1. The van der Waals surface area contributed by atoms with E-state index >= 15 is 0 Å². The van der Waals surface area contributed by atoms with Crippen molar-refractivity contribution in [1.29, 1.82) is 0 Å². The SMILES string of the molecule is Cc1c(F)c(F)c(S(=O)(=O)N(C)CC(=O)N(Cc2ccc(C3CCCCC3)cc2)c2ccc(C(=O)O)cc2)c(F)c1F. The number of aromatic carboxylic acids is 1. The Morgan fingerprint density at radius 1 is 0.857 bits per heavy atom. The van der Waals surface area contributed by atoms with Crippen LogP contribution in [0.15, 0.2) is 53.4 Å². The second-order valence-corrected chi connectivity index (χ2v) is 12.4. The van der Waals surface area contributed by atoms with Gasteiger partial charge in [0.05, 0.1) is 18.7 Å². The second-order valence-electron chi connectivity index (χ2n) is 10.4. The summed E-state index contributed by atoms with van der Waals surface area (Å²) in [6.45, 7) is -0.227. The zero-order valence-corrected chi connectivity index (χ0v) is 23.9. The Labute approximate surface area is 241 Å². The number of benzene rings is 3. The van der Waals surface area contributed by atoms with Crippen molar-refractivity contribution in [3.05, 3.63) is 94.1 Å². The van der Waals surface area contributed by atoms with Crippen molar-refractivity contribution in [2.45, 2.75) is 56.4 Å². The summed E-state index contributed by atoms with van der Waals surface area (Å²) in [4.78, 5) is 24.2. The molecule has 0 heterocycles. The third-order valence-corrected chi connectivity index (χ3v) is 9.42. The zero-order chi connectivity index (χ0) is 30.8. The Kier molecular flexibility index (Phi) is 9.37. The number of likely N-dealkylation sites (N-methyl/N-ethyl adjacent to an activating group) is 1. The summed E-state index contributed by atoms with van der Waals surface area (Å²) in [5.41, 5.74) is 1.03. The van der Waals surface area contributed by atoms with E-state index in [9.17, 15) is 40.7 Å². The monoisotopic (exact) mass is 606 g/mol. The number of hydrogen-bond donors (Lipinski definition) is 1. The molecule has 1 N–H and O–H groups in total. The fourth-order valence-electron chi connectivity index (χ4n) is 5.09. The molecule has 12 heteroatoms. The van der Waals surface area contributed by atoms with E-state index in [0.717, 1.165) is 39.7 Å². The second kappa shape index (κ2) is 12.6. The van der Waals surface area contributed by atoms with Crippen LogP contribution in [0.1, 0.15) is 65.1 Å². The molecule has 1 fully saturated rings. The average molecular weight is 607 g/mol. The molecule has 3 aromatic carbocycles. The molecule has 0 aliphatic heterocycles. The Bertz CT molecular complexity index is 1560. The van der Waals surface area contributed by atoms with Crippen LogP contribution in [-0.2, 0) is 21.4 Å². The molecule has 0 bridgehead atoms. The van der Waals surface area contributed by atoms with Crippen LogP contribution in [0.5, 0.6) is 0 Å². The van der Waals surface area contributed by atoms with Gasteiger partial charge in [-0.25, -0.2) is 30.8 Å². The zero-order valence-electron chi connectivity index (χ0n) is 23.0. The van der Waals surface area contributed by atoms with E-state index in [2.05, 4.69) is 0 Å². The number of rotatable bonds is 9. The van der Waals surface area contributed by atoms with Crippen LogP contribution in [0.2, 0.25) is 0 Å².